The second-order valence-corrected chi connectivity index (χ2v) is 7.71. The molecule has 1 aliphatic carbocycles. The zero-order valence-electron chi connectivity index (χ0n) is 17.3. The van der Waals surface area contributed by atoms with Crippen molar-refractivity contribution in [1.29, 1.82) is 0 Å². The summed E-state index contributed by atoms with van der Waals surface area (Å²) < 4.78 is 1.44. The quantitative estimate of drug-likeness (QED) is 0.606. The zero-order valence-corrected chi connectivity index (χ0v) is 17.3. The third kappa shape index (κ3) is 4.42. The summed E-state index contributed by atoms with van der Waals surface area (Å²) in [6.07, 6.45) is 2.08. The monoisotopic (exact) mass is 420 g/mol. The molecule has 0 radical (unpaired) electrons. The van der Waals surface area contributed by atoms with Crippen molar-refractivity contribution in [2.24, 2.45) is 0 Å². The highest BCUT2D eigenvalue weighted by Crippen LogP contribution is 2.29. The molecule has 1 heterocycles. The van der Waals surface area contributed by atoms with Crippen molar-refractivity contribution >= 4 is 22.7 Å². The molecule has 8 nitrogen and oxygen atoms in total. The van der Waals surface area contributed by atoms with E-state index in [1.807, 2.05) is 17.0 Å². The van der Waals surface area contributed by atoms with Crippen LogP contribution in [0.15, 0.2) is 58.1 Å². The molecule has 1 aromatic heterocycles. The van der Waals surface area contributed by atoms with E-state index in [4.69, 9.17) is 0 Å². The van der Waals surface area contributed by atoms with E-state index in [-0.39, 0.29) is 30.8 Å². The summed E-state index contributed by atoms with van der Waals surface area (Å²) in [4.78, 5) is 53.2. The van der Waals surface area contributed by atoms with E-state index < -0.39 is 11.2 Å². The van der Waals surface area contributed by atoms with Gasteiger partial charge in [0, 0.05) is 38.2 Å². The number of hydrogen-bond acceptors (Lipinski definition) is 4. The number of H-pyrrole nitrogens is 1. The molecule has 3 aromatic rings. The average molecular weight is 420 g/mol. The molecular formula is C23H24N4O4. The first kappa shape index (κ1) is 20.6. The maximum atomic E-state index is 13.0. The SMILES string of the molecule is CNC(=O)c1ccc(CN(C(=O)CCn2c(=O)[nH]c(=O)c3ccccc32)C2CC2)cc1. The predicted octanol–water partition coefficient (Wildman–Crippen LogP) is 1.63. The van der Waals surface area contributed by atoms with Crippen LogP contribution in [0.4, 0.5) is 0 Å². The van der Waals surface area contributed by atoms with Gasteiger partial charge in [0.05, 0.1) is 10.9 Å². The van der Waals surface area contributed by atoms with Gasteiger partial charge >= 0.3 is 5.69 Å². The molecule has 0 unspecified atom stereocenters. The number of carbonyl (C=O) groups excluding carboxylic acids is 2. The molecule has 8 heteroatoms. The number of aromatic amines is 1. The van der Waals surface area contributed by atoms with Crippen LogP contribution in [-0.2, 0) is 17.9 Å². The van der Waals surface area contributed by atoms with Gasteiger partial charge in [0.25, 0.3) is 11.5 Å². The lowest BCUT2D eigenvalue weighted by Gasteiger charge is -2.23. The second-order valence-electron chi connectivity index (χ2n) is 7.71. The van der Waals surface area contributed by atoms with Crippen molar-refractivity contribution in [2.45, 2.75) is 38.4 Å². The number of aryl methyl sites for hydroxylation is 1. The lowest BCUT2D eigenvalue weighted by molar-refractivity contribution is -0.132. The molecule has 1 fully saturated rings. The molecule has 1 aliphatic rings. The first-order chi connectivity index (χ1) is 15.0. The lowest BCUT2D eigenvalue weighted by atomic mass is 10.1. The van der Waals surface area contributed by atoms with E-state index in [0.717, 1.165) is 18.4 Å². The number of nitrogens with zero attached hydrogens (tertiary/aromatic N) is 2. The molecular weight excluding hydrogens is 396 g/mol. The van der Waals surface area contributed by atoms with E-state index in [2.05, 4.69) is 10.3 Å². The van der Waals surface area contributed by atoms with Gasteiger partial charge < -0.3 is 10.2 Å². The molecule has 2 amide bonds. The van der Waals surface area contributed by atoms with Crippen LogP contribution in [0.3, 0.4) is 0 Å². The normalized spacial score (nSPS) is 13.2. The minimum absolute atomic E-state index is 0.0416. The predicted molar refractivity (Wildman–Crippen MR) is 117 cm³/mol. The fourth-order valence-electron chi connectivity index (χ4n) is 3.73. The Morgan fingerprint density at radius 2 is 1.81 bits per heavy atom. The van der Waals surface area contributed by atoms with Crippen molar-refractivity contribution in [3.8, 4) is 0 Å². The highest BCUT2D eigenvalue weighted by atomic mass is 16.2. The average Bonchev–Trinajstić information content (AvgIpc) is 3.62. The molecule has 0 spiro atoms. The number of benzene rings is 2. The second kappa shape index (κ2) is 8.59. The first-order valence-electron chi connectivity index (χ1n) is 10.3. The van der Waals surface area contributed by atoms with Gasteiger partial charge in [-0.2, -0.15) is 0 Å². The molecule has 31 heavy (non-hydrogen) atoms. The fraction of sp³-hybridized carbons (Fsp3) is 0.304. The number of aromatic nitrogens is 2. The molecule has 0 aliphatic heterocycles. The van der Waals surface area contributed by atoms with Gasteiger partial charge in [0.15, 0.2) is 0 Å². The van der Waals surface area contributed by atoms with Crippen LogP contribution >= 0.6 is 0 Å². The number of rotatable bonds is 7. The summed E-state index contributed by atoms with van der Waals surface area (Å²) in [5, 5.41) is 3.01. The molecule has 1 saturated carbocycles. The van der Waals surface area contributed by atoms with Crippen LogP contribution in [0.5, 0.6) is 0 Å². The maximum absolute atomic E-state index is 13.0. The summed E-state index contributed by atoms with van der Waals surface area (Å²) in [6.45, 7) is 0.645. The van der Waals surface area contributed by atoms with Gasteiger partial charge in [-0.25, -0.2) is 4.79 Å². The van der Waals surface area contributed by atoms with Crippen molar-refractivity contribution < 1.29 is 9.59 Å². The summed E-state index contributed by atoms with van der Waals surface area (Å²) in [5.74, 6) is -0.194. The largest absolute Gasteiger partial charge is 0.355 e. The Morgan fingerprint density at radius 1 is 1.10 bits per heavy atom. The van der Waals surface area contributed by atoms with Crippen LogP contribution in [0.25, 0.3) is 10.9 Å². The Labute approximate surface area is 178 Å². The van der Waals surface area contributed by atoms with Crippen LogP contribution < -0.4 is 16.6 Å². The van der Waals surface area contributed by atoms with Crippen molar-refractivity contribution in [3.63, 3.8) is 0 Å². The van der Waals surface area contributed by atoms with Gasteiger partial charge in [-0.3, -0.25) is 23.9 Å². The molecule has 4 rings (SSSR count). The highest BCUT2D eigenvalue weighted by molar-refractivity contribution is 5.93. The lowest BCUT2D eigenvalue weighted by Crippen LogP contribution is -2.35. The third-order valence-corrected chi connectivity index (χ3v) is 5.56. The van der Waals surface area contributed by atoms with E-state index >= 15 is 0 Å². The summed E-state index contributed by atoms with van der Waals surface area (Å²) in [7, 11) is 1.58. The van der Waals surface area contributed by atoms with Crippen LogP contribution in [0.1, 0.15) is 35.2 Å². The van der Waals surface area contributed by atoms with E-state index in [0.29, 0.717) is 23.0 Å². The number of nitrogens with one attached hydrogen (secondary N) is 2. The van der Waals surface area contributed by atoms with E-state index in [1.165, 1.54) is 4.57 Å². The summed E-state index contributed by atoms with van der Waals surface area (Å²) in [6, 6.07) is 14.3. The van der Waals surface area contributed by atoms with Gasteiger partial charge in [-0.15, -0.1) is 0 Å². The van der Waals surface area contributed by atoms with Crippen LogP contribution in [0.2, 0.25) is 0 Å². The number of hydrogen-bond donors (Lipinski definition) is 2. The van der Waals surface area contributed by atoms with Crippen LogP contribution in [0, 0.1) is 0 Å². The van der Waals surface area contributed by atoms with Crippen molar-refractivity contribution in [3.05, 3.63) is 80.5 Å². The minimum atomic E-state index is -0.515. The zero-order chi connectivity index (χ0) is 22.0. The molecule has 0 saturated heterocycles. The Bertz CT molecular complexity index is 1240. The minimum Gasteiger partial charge on any atom is -0.355 e. The molecule has 0 atom stereocenters. The number of para-hydroxylation sites is 1. The van der Waals surface area contributed by atoms with Crippen molar-refractivity contribution in [2.75, 3.05) is 7.05 Å². The Kier molecular flexibility index (Phi) is 5.70. The topological polar surface area (TPSA) is 104 Å². The molecule has 2 aromatic carbocycles. The Hall–Kier alpha value is -3.68. The summed E-state index contributed by atoms with van der Waals surface area (Å²) >= 11 is 0. The van der Waals surface area contributed by atoms with Gasteiger partial charge in [0.2, 0.25) is 5.91 Å². The molecule has 0 bridgehead atoms. The Balaban J connectivity index is 1.49. The Morgan fingerprint density at radius 3 is 2.48 bits per heavy atom. The smallest absolute Gasteiger partial charge is 0.328 e. The maximum Gasteiger partial charge on any atom is 0.328 e. The van der Waals surface area contributed by atoms with Crippen LogP contribution in [-0.4, -0.2) is 39.4 Å². The molecule has 2 N–H and O–H groups in total. The molecule has 160 valence electrons. The van der Waals surface area contributed by atoms with Gasteiger partial charge in [-0.1, -0.05) is 24.3 Å². The van der Waals surface area contributed by atoms with Gasteiger partial charge in [0.1, 0.15) is 0 Å². The standard InChI is InChI=1S/C23H24N4O4/c1-24-21(29)16-8-6-15(7-9-16)14-27(17-10-11-17)20(28)12-13-26-19-5-3-2-4-18(19)22(30)25-23(26)31/h2-9,17H,10-14H2,1H3,(H,24,29)(H,25,30,31). The number of amides is 2. The summed E-state index contributed by atoms with van der Waals surface area (Å²) in [5.41, 5.74) is 1.09. The third-order valence-electron chi connectivity index (χ3n) is 5.56. The van der Waals surface area contributed by atoms with E-state index in [9.17, 15) is 19.2 Å². The number of carbonyl (C=O) groups is 2. The highest BCUT2D eigenvalue weighted by Gasteiger charge is 2.32. The van der Waals surface area contributed by atoms with Crippen molar-refractivity contribution in [1.82, 2.24) is 19.8 Å². The fourth-order valence-corrected chi connectivity index (χ4v) is 3.73. The van der Waals surface area contributed by atoms with Gasteiger partial charge in [-0.05, 0) is 42.7 Å². The number of fused-ring (bicyclic) bond motifs is 1. The first-order valence-corrected chi connectivity index (χ1v) is 10.3. The van der Waals surface area contributed by atoms with E-state index in [1.54, 1.807) is 43.4 Å².